The van der Waals surface area contributed by atoms with E-state index in [-0.39, 0.29) is 0 Å². The SMILES string of the molecule is CC(CN)c1ccc(N(C)C)c(Br)c1. The predicted molar refractivity (Wildman–Crippen MR) is 65.9 cm³/mol. The number of hydrogen-bond donors (Lipinski definition) is 1. The van der Waals surface area contributed by atoms with Gasteiger partial charge in [0.25, 0.3) is 0 Å². The number of halogens is 1. The van der Waals surface area contributed by atoms with Gasteiger partial charge in [-0.3, -0.25) is 0 Å². The highest BCUT2D eigenvalue weighted by atomic mass is 79.9. The number of hydrogen-bond acceptors (Lipinski definition) is 2. The molecule has 2 nitrogen and oxygen atoms in total. The van der Waals surface area contributed by atoms with Crippen LogP contribution in [0.5, 0.6) is 0 Å². The number of nitrogens with two attached hydrogens (primary N) is 1. The standard InChI is InChI=1S/C11H17BrN2/c1-8(7-13)9-4-5-11(14(2)3)10(12)6-9/h4-6,8H,7,13H2,1-3H3. The predicted octanol–water partition coefficient (Wildman–Crippen LogP) is 2.58. The van der Waals surface area contributed by atoms with Crippen LogP contribution in [0.15, 0.2) is 22.7 Å². The molecule has 0 saturated heterocycles. The van der Waals surface area contributed by atoms with Crippen molar-refractivity contribution in [3.05, 3.63) is 28.2 Å². The Bertz CT molecular complexity index is 310. The molecule has 0 heterocycles. The normalized spacial score (nSPS) is 12.6. The molecule has 0 amide bonds. The summed E-state index contributed by atoms with van der Waals surface area (Å²) in [6.07, 6.45) is 0. The van der Waals surface area contributed by atoms with E-state index in [0.29, 0.717) is 12.5 Å². The number of nitrogens with zero attached hydrogens (tertiary/aromatic N) is 1. The monoisotopic (exact) mass is 256 g/mol. The zero-order valence-corrected chi connectivity index (χ0v) is 10.5. The molecule has 0 aliphatic carbocycles. The summed E-state index contributed by atoms with van der Waals surface area (Å²) >= 11 is 3.56. The van der Waals surface area contributed by atoms with Crippen LogP contribution in [-0.2, 0) is 0 Å². The average molecular weight is 257 g/mol. The summed E-state index contributed by atoms with van der Waals surface area (Å²) in [6, 6.07) is 6.40. The fourth-order valence-corrected chi connectivity index (χ4v) is 2.08. The minimum Gasteiger partial charge on any atom is -0.377 e. The van der Waals surface area contributed by atoms with E-state index in [0.717, 1.165) is 4.47 Å². The van der Waals surface area contributed by atoms with E-state index >= 15 is 0 Å². The Morgan fingerprint density at radius 3 is 2.50 bits per heavy atom. The highest BCUT2D eigenvalue weighted by Crippen LogP contribution is 2.28. The Hall–Kier alpha value is -0.540. The molecular weight excluding hydrogens is 240 g/mol. The van der Waals surface area contributed by atoms with Crippen molar-refractivity contribution in [2.75, 3.05) is 25.5 Å². The summed E-state index contributed by atoms with van der Waals surface area (Å²) in [4.78, 5) is 2.08. The van der Waals surface area contributed by atoms with Gasteiger partial charge in [-0.25, -0.2) is 0 Å². The first kappa shape index (κ1) is 11.5. The van der Waals surface area contributed by atoms with Crippen LogP contribution in [-0.4, -0.2) is 20.6 Å². The molecule has 1 atom stereocenters. The molecule has 3 heteroatoms. The summed E-state index contributed by atoms with van der Waals surface area (Å²) in [7, 11) is 4.07. The minimum atomic E-state index is 0.419. The number of benzene rings is 1. The second kappa shape index (κ2) is 4.80. The lowest BCUT2D eigenvalue weighted by molar-refractivity contribution is 0.773. The quantitative estimate of drug-likeness (QED) is 0.901. The van der Waals surface area contributed by atoms with Crippen LogP contribution in [0.25, 0.3) is 0 Å². The zero-order chi connectivity index (χ0) is 10.7. The van der Waals surface area contributed by atoms with E-state index in [9.17, 15) is 0 Å². The maximum atomic E-state index is 5.63. The van der Waals surface area contributed by atoms with Gasteiger partial charge >= 0.3 is 0 Å². The summed E-state index contributed by atoms with van der Waals surface area (Å²) in [5, 5.41) is 0. The third-order valence-corrected chi connectivity index (χ3v) is 3.01. The van der Waals surface area contributed by atoms with Crippen molar-refractivity contribution >= 4 is 21.6 Å². The number of anilines is 1. The molecule has 1 aromatic rings. The highest BCUT2D eigenvalue weighted by molar-refractivity contribution is 9.10. The van der Waals surface area contributed by atoms with Gasteiger partial charge in [-0.15, -0.1) is 0 Å². The zero-order valence-electron chi connectivity index (χ0n) is 8.92. The van der Waals surface area contributed by atoms with Crippen LogP contribution < -0.4 is 10.6 Å². The summed E-state index contributed by atoms with van der Waals surface area (Å²) in [5.74, 6) is 0.419. The molecule has 0 spiro atoms. The molecule has 0 aliphatic rings. The third-order valence-electron chi connectivity index (χ3n) is 2.38. The molecule has 14 heavy (non-hydrogen) atoms. The lowest BCUT2D eigenvalue weighted by atomic mass is 10.0. The average Bonchev–Trinajstić information content (AvgIpc) is 2.15. The van der Waals surface area contributed by atoms with Crippen molar-refractivity contribution in [3.63, 3.8) is 0 Å². The molecular formula is C11H17BrN2. The Balaban J connectivity index is 3.00. The van der Waals surface area contributed by atoms with Gasteiger partial charge in [0, 0.05) is 18.6 Å². The highest BCUT2D eigenvalue weighted by Gasteiger charge is 2.07. The van der Waals surface area contributed by atoms with E-state index < -0.39 is 0 Å². The fraction of sp³-hybridized carbons (Fsp3) is 0.455. The Labute approximate surface area is 94.2 Å². The van der Waals surface area contributed by atoms with Crippen LogP contribution in [0, 0.1) is 0 Å². The van der Waals surface area contributed by atoms with Gasteiger partial charge in [-0.2, -0.15) is 0 Å². The first-order valence-corrected chi connectivity index (χ1v) is 5.52. The molecule has 0 aromatic heterocycles. The molecule has 1 rings (SSSR count). The molecule has 1 aromatic carbocycles. The maximum Gasteiger partial charge on any atom is 0.0505 e. The molecule has 1 unspecified atom stereocenters. The summed E-state index contributed by atoms with van der Waals surface area (Å²) in [6.45, 7) is 2.82. The van der Waals surface area contributed by atoms with Crippen molar-refractivity contribution in [2.24, 2.45) is 5.73 Å². The molecule has 2 N–H and O–H groups in total. The van der Waals surface area contributed by atoms with E-state index in [1.807, 2.05) is 14.1 Å². The van der Waals surface area contributed by atoms with Gasteiger partial charge < -0.3 is 10.6 Å². The smallest absolute Gasteiger partial charge is 0.0505 e. The van der Waals surface area contributed by atoms with Gasteiger partial charge in [0.2, 0.25) is 0 Å². The van der Waals surface area contributed by atoms with Crippen molar-refractivity contribution in [1.82, 2.24) is 0 Å². The Kier molecular flexibility index (Phi) is 3.96. The van der Waals surface area contributed by atoms with E-state index in [2.05, 4.69) is 46.0 Å². The first-order valence-electron chi connectivity index (χ1n) is 4.73. The summed E-state index contributed by atoms with van der Waals surface area (Å²) in [5.41, 5.74) is 8.10. The van der Waals surface area contributed by atoms with Crippen LogP contribution in [0.4, 0.5) is 5.69 Å². The molecule has 0 fully saturated rings. The van der Waals surface area contributed by atoms with Crippen LogP contribution in [0.1, 0.15) is 18.4 Å². The molecule has 0 radical (unpaired) electrons. The largest absolute Gasteiger partial charge is 0.377 e. The van der Waals surface area contributed by atoms with Gasteiger partial charge in [0.15, 0.2) is 0 Å². The number of rotatable bonds is 3. The van der Waals surface area contributed by atoms with Crippen LogP contribution >= 0.6 is 15.9 Å². The van der Waals surface area contributed by atoms with Gasteiger partial charge in [0.05, 0.1) is 5.69 Å². The van der Waals surface area contributed by atoms with Gasteiger partial charge in [-0.1, -0.05) is 13.0 Å². The van der Waals surface area contributed by atoms with Crippen molar-refractivity contribution in [3.8, 4) is 0 Å². The first-order chi connectivity index (χ1) is 6.56. The van der Waals surface area contributed by atoms with Crippen molar-refractivity contribution in [2.45, 2.75) is 12.8 Å². The van der Waals surface area contributed by atoms with E-state index in [1.54, 1.807) is 0 Å². The van der Waals surface area contributed by atoms with Gasteiger partial charge in [0.1, 0.15) is 0 Å². The van der Waals surface area contributed by atoms with Crippen molar-refractivity contribution < 1.29 is 0 Å². The molecule has 0 saturated carbocycles. The molecule has 78 valence electrons. The lowest BCUT2D eigenvalue weighted by Gasteiger charge is -2.17. The van der Waals surface area contributed by atoms with E-state index in [1.165, 1.54) is 11.3 Å². The Morgan fingerprint density at radius 1 is 1.43 bits per heavy atom. The summed E-state index contributed by atoms with van der Waals surface area (Å²) < 4.78 is 1.13. The van der Waals surface area contributed by atoms with Crippen LogP contribution in [0.3, 0.4) is 0 Å². The fourth-order valence-electron chi connectivity index (χ4n) is 1.33. The topological polar surface area (TPSA) is 29.3 Å². The Morgan fingerprint density at radius 2 is 2.07 bits per heavy atom. The lowest BCUT2D eigenvalue weighted by Crippen LogP contribution is -2.11. The maximum absolute atomic E-state index is 5.63. The molecule has 0 bridgehead atoms. The van der Waals surface area contributed by atoms with Gasteiger partial charge in [-0.05, 0) is 46.1 Å². The van der Waals surface area contributed by atoms with Crippen molar-refractivity contribution in [1.29, 1.82) is 0 Å². The molecule has 0 aliphatic heterocycles. The second-order valence-corrected chi connectivity index (χ2v) is 4.60. The van der Waals surface area contributed by atoms with E-state index in [4.69, 9.17) is 5.73 Å². The minimum absolute atomic E-state index is 0.419. The second-order valence-electron chi connectivity index (χ2n) is 3.74. The third kappa shape index (κ3) is 2.49. The van der Waals surface area contributed by atoms with Crippen LogP contribution in [0.2, 0.25) is 0 Å².